The third kappa shape index (κ3) is 5.30. The van der Waals surface area contributed by atoms with Crippen molar-refractivity contribution in [3.05, 3.63) is 89.4 Å². The summed E-state index contributed by atoms with van der Waals surface area (Å²) in [5, 5.41) is 11.4. The molecular formula is C24H20ClN3O3S. The van der Waals surface area contributed by atoms with Crippen LogP contribution in [0.15, 0.2) is 88.5 Å². The number of thioether (sulfide) groups is 1. The number of para-hydroxylation sites is 2. The Balaban J connectivity index is 1.59. The van der Waals surface area contributed by atoms with Crippen molar-refractivity contribution in [3.63, 3.8) is 0 Å². The van der Waals surface area contributed by atoms with Crippen LogP contribution in [0.2, 0.25) is 5.02 Å². The van der Waals surface area contributed by atoms with Gasteiger partial charge in [0.15, 0.2) is 0 Å². The minimum absolute atomic E-state index is 0.226. The molecule has 8 heteroatoms. The van der Waals surface area contributed by atoms with E-state index in [0.717, 1.165) is 5.56 Å². The number of halogens is 1. The van der Waals surface area contributed by atoms with Crippen LogP contribution >= 0.6 is 23.4 Å². The fourth-order valence-electron chi connectivity index (χ4n) is 3.05. The predicted molar refractivity (Wildman–Crippen MR) is 126 cm³/mol. The highest BCUT2D eigenvalue weighted by atomic mass is 35.5. The van der Waals surface area contributed by atoms with E-state index < -0.39 is 5.25 Å². The van der Waals surface area contributed by atoms with Crippen molar-refractivity contribution in [3.8, 4) is 17.2 Å². The first-order chi connectivity index (χ1) is 15.6. The summed E-state index contributed by atoms with van der Waals surface area (Å²) < 4.78 is 11.4. The number of ether oxygens (including phenoxy) is 1. The Morgan fingerprint density at radius 3 is 2.62 bits per heavy atom. The van der Waals surface area contributed by atoms with Crippen LogP contribution in [0.3, 0.4) is 0 Å². The van der Waals surface area contributed by atoms with Gasteiger partial charge in [-0.15, -0.1) is 10.2 Å². The normalized spacial score (nSPS) is 11.7. The fraction of sp³-hybridized carbons (Fsp3) is 0.125. The van der Waals surface area contributed by atoms with E-state index in [-0.39, 0.29) is 11.1 Å². The van der Waals surface area contributed by atoms with Crippen LogP contribution in [0.4, 0.5) is 5.69 Å². The SMILES string of the molecule is CCOc1ccccc1NC(=O)C(Sc1nnc(-c2cccc(Cl)c2)o1)c1ccccc1. The number of hydrogen-bond acceptors (Lipinski definition) is 6. The highest BCUT2D eigenvalue weighted by Gasteiger charge is 2.26. The summed E-state index contributed by atoms with van der Waals surface area (Å²) >= 11 is 7.24. The van der Waals surface area contributed by atoms with Gasteiger partial charge in [-0.3, -0.25) is 4.79 Å². The van der Waals surface area contributed by atoms with Crippen LogP contribution in [0.5, 0.6) is 5.75 Å². The van der Waals surface area contributed by atoms with E-state index in [9.17, 15) is 4.79 Å². The summed E-state index contributed by atoms with van der Waals surface area (Å²) in [6.45, 7) is 2.40. The molecule has 32 heavy (non-hydrogen) atoms. The summed E-state index contributed by atoms with van der Waals surface area (Å²) in [4.78, 5) is 13.3. The molecule has 1 heterocycles. The molecule has 0 radical (unpaired) electrons. The zero-order valence-corrected chi connectivity index (χ0v) is 18.8. The van der Waals surface area contributed by atoms with Gasteiger partial charge in [0.1, 0.15) is 11.0 Å². The lowest BCUT2D eigenvalue weighted by Crippen LogP contribution is -2.19. The number of hydrogen-bond donors (Lipinski definition) is 1. The molecule has 0 spiro atoms. The molecule has 1 atom stereocenters. The van der Waals surface area contributed by atoms with Crippen LogP contribution in [-0.2, 0) is 4.79 Å². The lowest BCUT2D eigenvalue weighted by atomic mass is 10.1. The highest BCUT2D eigenvalue weighted by Crippen LogP contribution is 2.37. The molecule has 0 aliphatic rings. The Morgan fingerprint density at radius 1 is 1.06 bits per heavy atom. The molecule has 0 bridgehead atoms. The average Bonchev–Trinajstić information content (AvgIpc) is 3.28. The maximum Gasteiger partial charge on any atom is 0.277 e. The molecule has 4 rings (SSSR count). The first-order valence-electron chi connectivity index (χ1n) is 9.98. The summed E-state index contributed by atoms with van der Waals surface area (Å²) in [7, 11) is 0. The number of amides is 1. The quantitative estimate of drug-likeness (QED) is 0.309. The topological polar surface area (TPSA) is 77.2 Å². The Kier molecular flexibility index (Phi) is 7.09. The van der Waals surface area contributed by atoms with Crippen LogP contribution in [0.25, 0.3) is 11.5 Å². The molecule has 4 aromatic rings. The lowest BCUT2D eigenvalue weighted by molar-refractivity contribution is -0.115. The fourth-order valence-corrected chi connectivity index (χ4v) is 4.11. The zero-order valence-electron chi connectivity index (χ0n) is 17.2. The minimum Gasteiger partial charge on any atom is -0.492 e. The molecule has 3 aromatic carbocycles. The van der Waals surface area contributed by atoms with Crippen molar-refractivity contribution < 1.29 is 13.9 Å². The number of rotatable bonds is 8. The standard InChI is InChI=1S/C24H20ClN3O3S/c1-2-30-20-14-7-6-13-19(20)26-22(29)21(16-9-4-3-5-10-16)32-24-28-27-23(31-24)17-11-8-12-18(25)15-17/h3-15,21H,2H2,1H3,(H,26,29). The number of carbonyl (C=O) groups is 1. The van der Waals surface area contributed by atoms with E-state index in [1.807, 2.05) is 67.6 Å². The second-order valence-electron chi connectivity index (χ2n) is 6.71. The summed E-state index contributed by atoms with van der Waals surface area (Å²) in [5.41, 5.74) is 2.13. The third-order valence-electron chi connectivity index (χ3n) is 4.48. The highest BCUT2D eigenvalue weighted by molar-refractivity contribution is 8.00. The van der Waals surface area contributed by atoms with E-state index >= 15 is 0 Å². The monoisotopic (exact) mass is 465 g/mol. The molecule has 0 saturated carbocycles. The van der Waals surface area contributed by atoms with Gasteiger partial charge in [0, 0.05) is 10.6 Å². The summed E-state index contributed by atoms with van der Waals surface area (Å²) in [6.07, 6.45) is 0. The molecular weight excluding hydrogens is 446 g/mol. The maximum atomic E-state index is 13.3. The molecule has 0 fully saturated rings. The first kappa shape index (κ1) is 21.9. The van der Waals surface area contributed by atoms with Crippen LogP contribution in [0.1, 0.15) is 17.7 Å². The Morgan fingerprint density at radius 2 is 1.84 bits per heavy atom. The van der Waals surface area contributed by atoms with Crippen molar-refractivity contribution in [1.29, 1.82) is 0 Å². The molecule has 1 amide bonds. The number of benzene rings is 3. The zero-order chi connectivity index (χ0) is 22.3. The van der Waals surface area contributed by atoms with Gasteiger partial charge in [-0.05, 0) is 54.6 Å². The molecule has 1 aromatic heterocycles. The lowest BCUT2D eigenvalue weighted by Gasteiger charge is -2.17. The van der Waals surface area contributed by atoms with Gasteiger partial charge in [0.25, 0.3) is 5.22 Å². The van der Waals surface area contributed by atoms with E-state index in [2.05, 4.69) is 15.5 Å². The van der Waals surface area contributed by atoms with E-state index in [0.29, 0.717) is 34.5 Å². The van der Waals surface area contributed by atoms with E-state index in [1.165, 1.54) is 11.8 Å². The van der Waals surface area contributed by atoms with Crippen molar-refractivity contribution in [2.45, 2.75) is 17.4 Å². The van der Waals surface area contributed by atoms with Gasteiger partial charge in [0.05, 0.1) is 12.3 Å². The molecule has 162 valence electrons. The Labute approximate surface area is 195 Å². The van der Waals surface area contributed by atoms with Crippen molar-refractivity contribution >= 4 is 35.0 Å². The number of carbonyl (C=O) groups excluding carboxylic acids is 1. The van der Waals surface area contributed by atoms with Crippen LogP contribution < -0.4 is 10.1 Å². The molecule has 0 aliphatic heterocycles. The van der Waals surface area contributed by atoms with Gasteiger partial charge >= 0.3 is 0 Å². The van der Waals surface area contributed by atoms with Gasteiger partial charge in [-0.2, -0.15) is 0 Å². The van der Waals surface area contributed by atoms with Crippen LogP contribution in [0, 0.1) is 0 Å². The minimum atomic E-state index is -0.612. The van der Waals surface area contributed by atoms with Crippen molar-refractivity contribution in [1.82, 2.24) is 10.2 Å². The summed E-state index contributed by atoms with van der Waals surface area (Å²) in [5.74, 6) is 0.723. The summed E-state index contributed by atoms with van der Waals surface area (Å²) in [6, 6.07) is 23.9. The molecule has 6 nitrogen and oxygen atoms in total. The second kappa shape index (κ2) is 10.3. The molecule has 1 unspecified atom stereocenters. The molecule has 0 aliphatic carbocycles. The molecule has 0 saturated heterocycles. The number of aromatic nitrogens is 2. The smallest absolute Gasteiger partial charge is 0.277 e. The number of nitrogens with zero attached hydrogens (tertiary/aromatic N) is 2. The first-order valence-corrected chi connectivity index (χ1v) is 11.2. The van der Waals surface area contributed by atoms with E-state index in [1.54, 1.807) is 18.2 Å². The molecule has 1 N–H and O–H groups in total. The van der Waals surface area contributed by atoms with Gasteiger partial charge < -0.3 is 14.5 Å². The number of anilines is 1. The second-order valence-corrected chi connectivity index (χ2v) is 8.20. The van der Waals surface area contributed by atoms with Crippen molar-refractivity contribution in [2.24, 2.45) is 0 Å². The third-order valence-corrected chi connectivity index (χ3v) is 5.81. The van der Waals surface area contributed by atoms with Gasteiger partial charge in [0.2, 0.25) is 11.8 Å². The Hall–Kier alpha value is -3.29. The van der Waals surface area contributed by atoms with E-state index in [4.69, 9.17) is 20.8 Å². The Bertz CT molecular complexity index is 1200. The predicted octanol–water partition coefficient (Wildman–Crippen LogP) is 6.26. The largest absolute Gasteiger partial charge is 0.492 e. The van der Waals surface area contributed by atoms with Gasteiger partial charge in [-0.1, -0.05) is 60.1 Å². The average molecular weight is 466 g/mol. The number of nitrogens with one attached hydrogen (secondary N) is 1. The van der Waals surface area contributed by atoms with Gasteiger partial charge in [-0.25, -0.2) is 0 Å². The maximum absolute atomic E-state index is 13.3. The van der Waals surface area contributed by atoms with Crippen LogP contribution in [-0.4, -0.2) is 22.7 Å². The van der Waals surface area contributed by atoms with Crippen molar-refractivity contribution in [2.75, 3.05) is 11.9 Å².